The van der Waals surface area contributed by atoms with E-state index in [9.17, 15) is 4.79 Å². The van der Waals surface area contributed by atoms with Crippen molar-refractivity contribution in [3.05, 3.63) is 23.8 Å². The first-order valence-electron chi connectivity index (χ1n) is 4.87. The fraction of sp³-hybridized carbons (Fsp3) is 0.545. The molecule has 0 heterocycles. The van der Waals surface area contributed by atoms with Gasteiger partial charge in [-0.3, -0.25) is 0 Å². The van der Waals surface area contributed by atoms with E-state index in [0.29, 0.717) is 11.6 Å². The molecule has 0 saturated carbocycles. The van der Waals surface area contributed by atoms with Crippen molar-refractivity contribution < 1.29 is 9.53 Å². The first-order chi connectivity index (χ1) is 6.74. The van der Waals surface area contributed by atoms with Gasteiger partial charge >= 0.3 is 5.97 Å². The molecule has 3 heteroatoms. The van der Waals surface area contributed by atoms with Crippen LogP contribution in [-0.2, 0) is 9.53 Å². The number of methoxy groups -OCH3 is 1. The van der Waals surface area contributed by atoms with Gasteiger partial charge in [0.25, 0.3) is 0 Å². The van der Waals surface area contributed by atoms with Crippen LogP contribution in [0.4, 0.5) is 0 Å². The van der Waals surface area contributed by atoms with Gasteiger partial charge in [-0.25, -0.2) is 4.79 Å². The Morgan fingerprint density at radius 2 is 2.21 bits per heavy atom. The number of hydrogen-bond donors (Lipinski definition) is 1. The normalized spacial score (nSPS) is 17.4. The van der Waals surface area contributed by atoms with Gasteiger partial charge in [0.05, 0.1) is 7.11 Å². The average molecular weight is 195 g/mol. The minimum atomic E-state index is -0.253. The second kappa shape index (κ2) is 5.60. The number of hydrogen-bond acceptors (Lipinski definition) is 3. The van der Waals surface area contributed by atoms with Crippen molar-refractivity contribution in [3.8, 4) is 0 Å². The summed E-state index contributed by atoms with van der Waals surface area (Å²) in [4.78, 5) is 11.0. The van der Waals surface area contributed by atoms with Crippen molar-refractivity contribution in [2.75, 3.05) is 13.7 Å². The zero-order valence-electron chi connectivity index (χ0n) is 8.75. The van der Waals surface area contributed by atoms with Crippen LogP contribution in [0.1, 0.15) is 19.8 Å². The number of esters is 1. The van der Waals surface area contributed by atoms with Crippen LogP contribution in [0.2, 0.25) is 0 Å². The quantitative estimate of drug-likeness (QED) is 0.419. The van der Waals surface area contributed by atoms with Gasteiger partial charge in [0.2, 0.25) is 0 Å². The Bertz CT molecular complexity index is 248. The molecular formula is C11H17NO2. The molecule has 3 nitrogen and oxygen atoms in total. The molecule has 0 fully saturated rings. The summed E-state index contributed by atoms with van der Waals surface area (Å²) < 4.78 is 4.59. The molecule has 0 bridgehead atoms. The summed E-state index contributed by atoms with van der Waals surface area (Å²) in [6, 6.07) is 0.539. The fourth-order valence-electron chi connectivity index (χ4n) is 1.41. The van der Waals surface area contributed by atoms with Crippen molar-refractivity contribution in [1.82, 2.24) is 5.32 Å². The zero-order chi connectivity index (χ0) is 10.4. The van der Waals surface area contributed by atoms with E-state index in [2.05, 4.69) is 22.2 Å². The van der Waals surface area contributed by atoms with Gasteiger partial charge < -0.3 is 10.1 Å². The molecule has 0 aliphatic heterocycles. The Kier molecular flexibility index (Phi) is 4.40. The molecule has 0 saturated heterocycles. The zero-order valence-corrected chi connectivity index (χ0v) is 8.75. The van der Waals surface area contributed by atoms with Crippen LogP contribution in [-0.4, -0.2) is 25.7 Å². The van der Waals surface area contributed by atoms with E-state index in [4.69, 9.17) is 0 Å². The molecule has 0 aromatic rings. The monoisotopic (exact) mass is 195 g/mol. The largest absolute Gasteiger partial charge is 0.466 e. The number of carbonyl (C=O) groups excluding carboxylic acids is 1. The lowest BCUT2D eigenvalue weighted by Gasteiger charge is -2.09. The standard InChI is InChI=1S/C11H17NO2/c1-9(11(13)14-2)7-8-12-10-5-3-4-6-10/h3-4,7,10,12H,5-6,8H2,1-2H3/b9-7+. The highest BCUT2D eigenvalue weighted by atomic mass is 16.5. The van der Waals surface area contributed by atoms with Crippen molar-refractivity contribution in [3.63, 3.8) is 0 Å². The minimum absolute atomic E-state index is 0.253. The van der Waals surface area contributed by atoms with Gasteiger partial charge in [-0.1, -0.05) is 18.2 Å². The molecule has 0 radical (unpaired) electrons. The first-order valence-corrected chi connectivity index (χ1v) is 4.87. The molecule has 1 rings (SSSR count). The van der Waals surface area contributed by atoms with E-state index in [1.165, 1.54) is 7.11 Å². The number of nitrogens with one attached hydrogen (secondary N) is 1. The Labute approximate surface area is 84.8 Å². The number of rotatable bonds is 4. The summed E-state index contributed by atoms with van der Waals surface area (Å²) in [6.45, 7) is 2.49. The summed E-state index contributed by atoms with van der Waals surface area (Å²) in [5.74, 6) is -0.253. The molecule has 0 unspecified atom stereocenters. The number of ether oxygens (including phenoxy) is 1. The van der Waals surface area contributed by atoms with E-state index >= 15 is 0 Å². The van der Waals surface area contributed by atoms with Gasteiger partial charge in [0.15, 0.2) is 0 Å². The summed E-state index contributed by atoms with van der Waals surface area (Å²) in [5, 5.41) is 3.34. The predicted octanol–water partition coefficient (Wildman–Crippen LogP) is 1.41. The highest BCUT2D eigenvalue weighted by Crippen LogP contribution is 2.08. The lowest BCUT2D eigenvalue weighted by molar-refractivity contribution is -0.136. The average Bonchev–Trinajstić information content (AvgIpc) is 2.69. The Morgan fingerprint density at radius 1 is 1.57 bits per heavy atom. The molecule has 0 aromatic carbocycles. The molecule has 0 amide bonds. The Morgan fingerprint density at radius 3 is 2.79 bits per heavy atom. The van der Waals surface area contributed by atoms with Crippen molar-refractivity contribution in [2.24, 2.45) is 0 Å². The van der Waals surface area contributed by atoms with E-state index in [1.807, 2.05) is 6.08 Å². The van der Waals surface area contributed by atoms with Crippen LogP contribution in [0.3, 0.4) is 0 Å². The highest BCUT2D eigenvalue weighted by molar-refractivity contribution is 5.87. The van der Waals surface area contributed by atoms with Crippen LogP contribution >= 0.6 is 0 Å². The van der Waals surface area contributed by atoms with Gasteiger partial charge in [0.1, 0.15) is 0 Å². The van der Waals surface area contributed by atoms with Gasteiger partial charge in [-0.2, -0.15) is 0 Å². The topological polar surface area (TPSA) is 38.3 Å². The molecular weight excluding hydrogens is 178 g/mol. The molecule has 1 aliphatic carbocycles. The maximum atomic E-state index is 11.0. The maximum absolute atomic E-state index is 11.0. The predicted molar refractivity (Wildman–Crippen MR) is 55.9 cm³/mol. The third-order valence-corrected chi connectivity index (χ3v) is 2.33. The lowest BCUT2D eigenvalue weighted by Crippen LogP contribution is -2.26. The van der Waals surface area contributed by atoms with Gasteiger partial charge in [-0.05, 0) is 19.8 Å². The number of carbonyl (C=O) groups is 1. The second-order valence-electron chi connectivity index (χ2n) is 3.43. The first kappa shape index (κ1) is 11.0. The van der Waals surface area contributed by atoms with Crippen LogP contribution in [0.5, 0.6) is 0 Å². The van der Waals surface area contributed by atoms with E-state index in [-0.39, 0.29) is 5.97 Å². The molecule has 0 atom stereocenters. The summed E-state index contributed by atoms with van der Waals surface area (Å²) in [7, 11) is 1.40. The third kappa shape index (κ3) is 3.34. The SMILES string of the molecule is COC(=O)/C(C)=C/CNC1CC=CC1. The molecule has 1 N–H and O–H groups in total. The van der Waals surface area contributed by atoms with Crippen LogP contribution in [0.25, 0.3) is 0 Å². The van der Waals surface area contributed by atoms with Crippen molar-refractivity contribution in [1.29, 1.82) is 0 Å². The smallest absolute Gasteiger partial charge is 0.333 e. The Balaban J connectivity index is 2.21. The molecule has 0 spiro atoms. The molecule has 0 aromatic heterocycles. The van der Waals surface area contributed by atoms with E-state index < -0.39 is 0 Å². The van der Waals surface area contributed by atoms with Gasteiger partial charge in [-0.15, -0.1) is 0 Å². The summed E-state index contributed by atoms with van der Waals surface area (Å²) in [6.07, 6.45) is 8.39. The Hall–Kier alpha value is -1.09. The van der Waals surface area contributed by atoms with E-state index in [0.717, 1.165) is 19.4 Å². The van der Waals surface area contributed by atoms with E-state index in [1.54, 1.807) is 6.92 Å². The van der Waals surface area contributed by atoms with Crippen molar-refractivity contribution >= 4 is 5.97 Å². The summed E-state index contributed by atoms with van der Waals surface area (Å²) in [5.41, 5.74) is 0.658. The summed E-state index contributed by atoms with van der Waals surface area (Å²) >= 11 is 0. The van der Waals surface area contributed by atoms with Gasteiger partial charge in [0, 0.05) is 18.2 Å². The minimum Gasteiger partial charge on any atom is -0.466 e. The lowest BCUT2D eigenvalue weighted by atomic mass is 10.2. The molecule has 78 valence electrons. The van der Waals surface area contributed by atoms with Crippen molar-refractivity contribution in [2.45, 2.75) is 25.8 Å². The molecule has 1 aliphatic rings. The highest BCUT2D eigenvalue weighted by Gasteiger charge is 2.08. The molecule has 14 heavy (non-hydrogen) atoms. The van der Waals surface area contributed by atoms with Crippen LogP contribution < -0.4 is 5.32 Å². The van der Waals surface area contributed by atoms with Crippen LogP contribution in [0.15, 0.2) is 23.8 Å². The fourth-order valence-corrected chi connectivity index (χ4v) is 1.41. The van der Waals surface area contributed by atoms with Crippen LogP contribution in [0, 0.1) is 0 Å². The maximum Gasteiger partial charge on any atom is 0.333 e. The third-order valence-electron chi connectivity index (χ3n) is 2.33. The second-order valence-corrected chi connectivity index (χ2v) is 3.43.